The van der Waals surface area contributed by atoms with Crippen LogP contribution >= 0.6 is 0 Å². The van der Waals surface area contributed by atoms with E-state index in [0.29, 0.717) is 6.42 Å². The summed E-state index contributed by atoms with van der Waals surface area (Å²) in [6.45, 7) is 17.4. The summed E-state index contributed by atoms with van der Waals surface area (Å²) in [6.07, 6.45) is 3.56. The Hall–Kier alpha value is -2.57. The maximum absolute atomic E-state index is 14.2. The number of aryl methyl sites for hydroxylation is 2. The summed E-state index contributed by atoms with van der Waals surface area (Å²) in [7, 11) is 0. The molecule has 1 saturated carbocycles. The normalized spacial score (nSPS) is 16.9. The fourth-order valence-electron chi connectivity index (χ4n) is 4.53. The van der Waals surface area contributed by atoms with Gasteiger partial charge in [-0.1, -0.05) is 57.4 Å². The average Bonchev–Trinajstić information content (AvgIpc) is 3.59. The molecule has 1 aromatic rings. The number of carbonyl (C=O) groups excluding carboxylic acids is 3. The van der Waals surface area contributed by atoms with Gasteiger partial charge in [-0.3, -0.25) is 9.59 Å². The minimum Gasteiger partial charge on any atom is -0.444 e. The molecule has 0 bridgehead atoms. The summed E-state index contributed by atoms with van der Waals surface area (Å²) >= 11 is 0. The molecule has 1 aliphatic carbocycles. The van der Waals surface area contributed by atoms with Crippen LogP contribution in [0.4, 0.5) is 4.79 Å². The molecule has 1 fully saturated rings. The number of hydrogen-bond acceptors (Lipinski definition) is 4. The first-order valence-corrected chi connectivity index (χ1v) is 13.5. The number of rotatable bonds is 11. The van der Waals surface area contributed by atoms with E-state index < -0.39 is 23.8 Å². The summed E-state index contributed by atoms with van der Waals surface area (Å²) in [5.74, 6) is -0.544. The van der Waals surface area contributed by atoms with E-state index in [1.165, 1.54) is 0 Å². The number of alkyl carbamates (subject to hydrolysis) is 1. The van der Waals surface area contributed by atoms with Crippen molar-refractivity contribution in [3.63, 3.8) is 0 Å². The third-order valence-electron chi connectivity index (χ3n) is 6.70. The standard InChI is InChI=1S/C29H47N3O4/c1-10-12-21(6)30-26(33)25(23-16-13-18(3)17-20(23)5)32(22-14-15-22)27(34)24(19(4)11-2)31-28(35)36-29(7,8)9/h13,16-17,19,21-22,24-25H,10-12,14-15H2,1-9H3,(H,30,33)(H,31,35). The van der Waals surface area contributed by atoms with Crippen molar-refractivity contribution in [2.45, 2.75) is 124 Å². The molecule has 3 amide bonds. The number of amides is 3. The van der Waals surface area contributed by atoms with Gasteiger partial charge < -0.3 is 20.3 Å². The van der Waals surface area contributed by atoms with Crippen LogP contribution in [-0.4, -0.2) is 46.5 Å². The molecule has 2 N–H and O–H groups in total. The maximum Gasteiger partial charge on any atom is 0.408 e. The van der Waals surface area contributed by atoms with Crippen molar-refractivity contribution in [1.82, 2.24) is 15.5 Å². The molecular weight excluding hydrogens is 454 g/mol. The summed E-state index contributed by atoms with van der Waals surface area (Å²) in [5, 5.41) is 5.98. The molecule has 0 spiro atoms. The van der Waals surface area contributed by atoms with Gasteiger partial charge in [0.05, 0.1) is 0 Å². The fraction of sp³-hybridized carbons (Fsp3) is 0.690. The zero-order chi connectivity index (χ0) is 27.2. The molecular formula is C29H47N3O4. The van der Waals surface area contributed by atoms with E-state index in [1.807, 2.05) is 52.8 Å². The second kappa shape index (κ2) is 12.6. The first-order valence-electron chi connectivity index (χ1n) is 13.5. The first-order chi connectivity index (χ1) is 16.8. The van der Waals surface area contributed by atoms with Crippen LogP contribution in [0.15, 0.2) is 18.2 Å². The van der Waals surface area contributed by atoms with E-state index in [9.17, 15) is 14.4 Å². The monoisotopic (exact) mass is 501 g/mol. The van der Waals surface area contributed by atoms with E-state index >= 15 is 0 Å². The van der Waals surface area contributed by atoms with Crippen LogP contribution in [0.25, 0.3) is 0 Å². The number of carbonyl (C=O) groups is 3. The minimum absolute atomic E-state index is 0.00263. The van der Waals surface area contributed by atoms with E-state index in [0.717, 1.165) is 42.4 Å². The average molecular weight is 502 g/mol. The zero-order valence-corrected chi connectivity index (χ0v) is 23.7. The van der Waals surface area contributed by atoms with Gasteiger partial charge >= 0.3 is 6.09 Å². The maximum atomic E-state index is 14.2. The van der Waals surface area contributed by atoms with Gasteiger partial charge in [0.1, 0.15) is 17.7 Å². The lowest BCUT2D eigenvalue weighted by atomic mass is 9.93. The Balaban J connectivity index is 2.50. The Bertz CT molecular complexity index is 920. The van der Waals surface area contributed by atoms with Gasteiger partial charge in [-0.15, -0.1) is 0 Å². The van der Waals surface area contributed by atoms with Gasteiger partial charge in [-0.25, -0.2) is 4.79 Å². The summed E-state index contributed by atoms with van der Waals surface area (Å²) in [5.41, 5.74) is 2.21. The van der Waals surface area contributed by atoms with Crippen molar-refractivity contribution in [3.8, 4) is 0 Å². The van der Waals surface area contributed by atoms with E-state index in [-0.39, 0.29) is 29.8 Å². The summed E-state index contributed by atoms with van der Waals surface area (Å²) < 4.78 is 5.47. The molecule has 4 atom stereocenters. The molecule has 202 valence electrons. The highest BCUT2D eigenvalue weighted by atomic mass is 16.6. The van der Waals surface area contributed by atoms with Crippen LogP contribution in [0.5, 0.6) is 0 Å². The minimum atomic E-state index is -0.792. The molecule has 36 heavy (non-hydrogen) atoms. The predicted octanol–water partition coefficient (Wildman–Crippen LogP) is 5.58. The number of hydrogen-bond donors (Lipinski definition) is 2. The first kappa shape index (κ1) is 29.7. The van der Waals surface area contributed by atoms with E-state index in [2.05, 4.69) is 17.6 Å². The Labute approximate surface area is 217 Å². The van der Waals surface area contributed by atoms with Crippen LogP contribution in [0.3, 0.4) is 0 Å². The smallest absolute Gasteiger partial charge is 0.408 e. The van der Waals surface area contributed by atoms with Crippen LogP contribution in [-0.2, 0) is 14.3 Å². The summed E-state index contributed by atoms with van der Waals surface area (Å²) in [6, 6.07) is 4.39. The SMILES string of the molecule is CCCC(C)NC(=O)C(c1ccc(C)cc1C)N(C(=O)C(NC(=O)OC(C)(C)C)C(C)CC)C1CC1. The van der Waals surface area contributed by atoms with Crippen molar-refractivity contribution in [2.75, 3.05) is 0 Å². The fourth-order valence-corrected chi connectivity index (χ4v) is 4.53. The number of nitrogens with one attached hydrogen (secondary N) is 2. The number of ether oxygens (including phenoxy) is 1. The lowest BCUT2D eigenvalue weighted by Gasteiger charge is -2.37. The van der Waals surface area contributed by atoms with Crippen molar-refractivity contribution >= 4 is 17.9 Å². The van der Waals surface area contributed by atoms with Gasteiger partial charge in [0.15, 0.2) is 0 Å². The third kappa shape index (κ3) is 8.24. The quantitative estimate of drug-likeness (QED) is 0.414. The van der Waals surface area contributed by atoms with Crippen molar-refractivity contribution in [3.05, 3.63) is 34.9 Å². The highest BCUT2D eigenvalue weighted by molar-refractivity contribution is 5.93. The molecule has 0 heterocycles. The largest absolute Gasteiger partial charge is 0.444 e. The van der Waals surface area contributed by atoms with Gasteiger partial charge in [0.25, 0.3) is 0 Å². The van der Waals surface area contributed by atoms with Gasteiger partial charge in [0.2, 0.25) is 11.8 Å². The molecule has 1 aliphatic rings. The van der Waals surface area contributed by atoms with Crippen molar-refractivity contribution in [1.29, 1.82) is 0 Å². The lowest BCUT2D eigenvalue weighted by Crippen LogP contribution is -2.56. The Morgan fingerprint density at radius 1 is 1.08 bits per heavy atom. The molecule has 0 aliphatic heterocycles. The summed E-state index contributed by atoms with van der Waals surface area (Å²) in [4.78, 5) is 42.4. The van der Waals surface area contributed by atoms with Crippen LogP contribution < -0.4 is 10.6 Å². The van der Waals surface area contributed by atoms with Crippen molar-refractivity contribution < 1.29 is 19.1 Å². The van der Waals surface area contributed by atoms with Gasteiger partial charge in [-0.2, -0.15) is 0 Å². The number of benzene rings is 1. The Morgan fingerprint density at radius 3 is 2.22 bits per heavy atom. The molecule has 7 heteroatoms. The van der Waals surface area contributed by atoms with E-state index in [1.54, 1.807) is 25.7 Å². The van der Waals surface area contributed by atoms with Gasteiger partial charge in [-0.05, 0) is 77.8 Å². The molecule has 1 aromatic carbocycles. The molecule has 2 rings (SSSR count). The van der Waals surface area contributed by atoms with Gasteiger partial charge in [0, 0.05) is 12.1 Å². The third-order valence-corrected chi connectivity index (χ3v) is 6.70. The molecule has 0 aromatic heterocycles. The molecule has 7 nitrogen and oxygen atoms in total. The zero-order valence-electron chi connectivity index (χ0n) is 23.7. The van der Waals surface area contributed by atoms with Crippen molar-refractivity contribution in [2.24, 2.45) is 5.92 Å². The predicted molar refractivity (Wildman–Crippen MR) is 144 cm³/mol. The molecule has 4 unspecified atom stereocenters. The van der Waals surface area contributed by atoms with Crippen LogP contribution in [0.1, 0.15) is 103 Å². The highest BCUT2D eigenvalue weighted by Crippen LogP contribution is 2.37. The second-order valence-corrected chi connectivity index (χ2v) is 11.4. The van der Waals surface area contributed by atoms with Crippen LogP contribution in [0.2, 0.25) is 0 Å². The van der Waals surface area contributed by atoms with Crippen LogP contribution in [0, 0.1) is 19.8 Å². The topological polar surface area (TPSA) is 87.7 Å². The highest BCUT2D eigenvalue weighted by Gasteiger charge is 2.45. The second-order valence-electron chi connectivity index (χ2n) is 11.4. The lowest BCUT2D eigenvalue weighted by molar-refractivity contribution is -0.144. The molecule has 0 saturated heterocycles. The van der Waals surface area contributed by atoms with E-state index in [4.69, 9.17) is 4.74 Å². The Morgan fingerprint density at radius 2 is 1.72 bits per heavy atom. The number of nitrogens with zero attached hydrogens (tertiary/aromatic N) is 1. The molecule has 0 radical (unpaired) electrons. The Kier molecular flexibility index (Phi) is 10.4.